The zero-order valence-electron chi connectivity index (χ0n) is 16.9. The molecule has 30 heavy (non-hydrogen) atoms. The third-order valence-corrected chi connectivity index (χ3v) is 7.77. The molecule has 10 heteroatoms. The fraction of sp³-hybridized carbons (Fsp3) is 0.350. The largest absolute Gasteiger partial charge is 0.493 e. The molecule has 0 aliphatic carbocycles. The van der Waals surface area contributed by atoms with E-state index in [0.717, 1.165) is 9.87 Å². The molecule has 0 saturated heterocycles. The lowest BCUT2D eigenvalue weighted by molar-refractivity contribution is -0.140. The average Bonchev–Trinajstić information content (AvgIpc) is 2.74. The number of sulfonamides is 1. The highest BCUT2D eigenvalue weighted by Crippen LogP contribution is 2.21. The van der Waals surface area contributed by atoms with E-state index in [4.69, 9.17) is 4.74 Å². The molecular weight excluding hydrogens is 430 g/mol. The summed E-state index contributed by atoms with van der Waals surface area (Å²) in [4.78, 5) is 11.8. The number of esters is 1. The summed E-state index contributed by atoms with van der Waals surface area (Å²) in [5.74, 6) is -0.409. The van der Waals surface area contributed by atoms with E-state index < -0.39 is 32.4 Å². The lowest BCUT2D eigenvalue weighted by Gasteiger charge is -2.21. The fourth-order valence-electron chi connectivity index (χ4n) is 2.51. The molecule has 0 bridgehead atoms. The number of ether oxygens (including phenoxy) is 2. The molecule has 0 aliphatic heterocycles. The number of hydrogen-bond acceptors (Lipinski definition) is 7. The van der Waals surface area contributed by atoms with Gasteiger partial charge in [0.05, 0.1) is 17.8 Å². The second kappa shape index (κ2) is 10.6. The van der Waals surface area contributed by atoms with E-state index in [-0.39, 0.29) is 29.6 Å². The van der Waals surface area contributed by atoms with Gasteiger partial charge in [0.25, 0.3) is 0 Å². The molecule has 0 aliphatic rings. The van der Waals surface area contributed by atoms with Crippen LogP contribution in [0.5, 0.6) is 5.75 Å². The van der Waals surface area contributed by atoms with Gasteiger partial charge in [-0.15, -0.1) is 0 Å². The first-order valence-corrected chi connectivity index (χ1v) is 12.5. The van der Waals surface area contributed by atoms with Crippen molar-refractivity contribution in [2.45, 2.75) is 18.4 Å². The molecular formula is C20H25NO7S2. The summed E-state index contributed by atoms with van der Waals surface area (Å²) in [6.45, 7) is 1.11. The molecule has 0 unspecified atom stereocenters. The Morgan fingerprint density at radius 3 is 2.17 bits per heavy atom. The van der Waals surface area contributed by atoms with Crippen molar-refractivity contribution in [3.8, 4) is 5.75 Å². The highest BCUT2D eigenvalue weighted by molar-refractivity contribution is 7.91. The van der Waals surface area contributed by atoms with Gasteiger partial charge >= 0.3 is 5.97 Å². The third kappa shape index (κ3) is 6.82. The second-order valence-corrected chi connectivity index (χ2v) is 10.8. The number of methoxy groups -OCH3 is 1. The van der Waals surface area contributed by atoms with Crippen molar-refractivity contribution in [2.24, 2.45) is 0 Å². The van der Waals surface area contributed by atoms with Crippen LogP contribution in [0.2, 0.25) is 0 Å². The van der Waals surface area contributed by atoms with Crippen molar-refractivity contribution in [3.63, 3.8) is 0 Å². The maximum absolute atomic E-state index is 13.1. The first-order chi connectivity index (χ1) is 14.2. The van der Waals surface area contributed by atoms with Crippen molar-refractivity contribution >= 4 is 25.8 Å². The van der Waals surface area contributed by atoms with Gasteiger partial charge in [-0.1, -0.05) is 37.3 Å². The van der Waals surface area contributed by atoms with E-state index >= 15 is 0 Å². The Morgan fingerprint density at radius 2 is 1.60 bits per heavy atom. The van der Waals surface area contributed by atoms with Crippen LogP contribution in [0.4, 0.5) is 0 Å². The zero-order valence-corrected chi connectivity index (χ0v) is 18.5. The molecule has 2 aromatic carbocycles. The lowest BCUT2D eigenvalue weighted by atomic mass is 10.2. The van der Waals surface area contributed by atoms with Crippen LogP contribution in [0.1, 0.15) is 12.5 Å². The lowest BCUT2D eigenvalue weighted by Crippen LogP contribution is -2.35. The monoisotopic (exact) mass is 455 g/mol. The molecule has 8 nitrogen and oxygen atoms in total. The van der Waals surface area contributed by atoms with Gasteiger partial charge in [-0.2, -0.15) is 4.31 Å². The van der Waals surface area contributed by atoms with Gasteiger partial charge in [-0.05, 0) is 29.8 Å². The van der Waals surface area contributed by atoms with Crippen LogP contribution in [0, 0.1) is 0 Å². The maximum atomic E-state index is 13.1. The molecule has 2 rings (SSSR count). The fourth-order valence-corrected chi connectivity index (χ4v) is 4.51. The summed E-state index contributed by atoms with van der Waals surface area (Å²) < 4.78 is 60.2. The number of carbonyl (C=O) groups is 1. The van der Waals surface area contributed by atoms with Crippen molar-refractivity contribution in [1.29, 1.82) is 0 Å². The normalized spacial score (nSPS) is 12.0. The Kier molecular flexibility index (Phi) is 8.39. The predicted octanol–water partition coefficient (Wildman–Crippen LogP) is 1.86. The van der Waals surface area contributed by atoms with Crippen molar-refractivity contribution < 1.29 is 31.1 Å². The van der Waals surface area contributed by atoms with E-state index in [1.165, 1.54) is 31.4 Å². The van der Waals surface area contributed by atoms with Gasteiger partial charge in [0.2, 0.25) is 10.0 Å². The van der Waals surface area contributed by atoms with Gasteiger partial charge in [-0.25, -0.2) is 16.8 Å². The van der Waals surface area contributed by atoms with E-state index in [9.17, 15) is 21.6 Å². The third-order valence-electron chi connectivity index (χ3n) is 4.30. The minimum Gasteiger partial charge on any atom is -0.493 e. The summed E-state index contributed by atoms with van der Waals surface area (Å²) >= 11 is 0. The van der Waals surface area contributed by atoms with Crippen LogP contribution in [0.3, 0.4) is 0 Å². The first kappa shape index (κ1) is 23.8. The minimum atomic E-state index is -3.99. The smallest absolute Gasteiger partial charge is 0.321 e. The van der Waals surface area contributed by atoms with Gasteiger partial charge in [0, 0.05) is 12.3 Å². The Hall–Kier alpha value is -2.43. The topological polar surface area (TPSA) is 107 Å². The molecule has 0 heterocycles. The van der Waals surface area contributed by atoms with Crippen LogP contribution < -0.4 is 4.74 Å². The van der Waals surface area contributed by atoms with Crippen LogP contribution in [0.25, 0.3) is 0 Å². The molecule has 0 atom stereocenters. The van der Waals surface area contributed by atoms with Crippen molar-refractivity contribution in [2.75, 3.05) is 31.8 Å². The summed E-state index contributed by atoms with van der Waals surface area (Å²) in [5, 5.41) is 0. The molecule has 0 saturated carbocycles. The van der Waals surface area contributed by atoms with E-state index in [2.05, 4.69) is 4.74 Å². The van der Waals surface area contributed by atoms with Crippen LogP contribution in [0.15, 0.2) is 59.5 Å². The van der Waals surface area contributed by atoms with Crippen LogP contribution in [-0.4, -0.2) is 58.9 Å². The maximum Gasteiger partial charge on any atom is 0.321 e. The number of benzene rings is 2. The van der Waals surface area contributed by atoms with Gasteiger partial charge < -0.3 is 9.47 Å². The van der Waals surface area contributed by atoms with Crippen molar-refractivity contribution in [3.05, 3.63) is 60.2 Å². The molecule has 164 valence electrons. The summed E-state index contributed by atoms with van der Waals surface area (Å²) in [7, 11) is -5.94. The first-order valence-electron chi connectivity index (χ1n) is 9.22. The Balaban J connectivity index is 2.17. The number of carbonyl (C=O) groups excluding carboxylic acids is 1. The number of hydrogen-bond donors (Lipinski definition) is 0. The molecule has 0 amide bonds. The SMILES string of the molecule is CCS(=O)(=O)CCOc1ccc(S(=O)(=O)N(CC(=O)OC)Cc2ccccc2)cc1. The summed E-state index contributed by atoms with van der Waals surface area (Å²) in [5.41, 5.74) is 0.724. The average molecular weight is 456 g/mol. The quantitative estimate of drug-likeness (QED) is 0.476. The Morgan fingerprint density at radius 1 is 0.967 bits per heavy atom. The molecule has 0 aromatic heterocycles. The number of rotatable bonds is 11. The van der Waals surface area contributed by atoms with Gasteiger partial charge in [-0.3, -0.25) is 4.79 Å². The molecule has 0 spiro atoms. The number of nitrogens with zero attached hydrogens (tertiary/aromatic N) is 1. The number of sulfone groups is 1. The van der Waals surface area contributed by atoms with E-state index in [0.29, 0.717) is 5.75 Å². The van der Waals surface area contributed by atoms with E-state index in [1.54, 1.807) is 31.2 Å². The molecule has 0 radical (unpaired) electrons. The second-order valence-electron chi connectivity index (χ2n) is 6.39. The zero-order chi connectivity index (χ0) is 22.2. The Bertz CT molecular complexity index is 1030. The molecule has 2 aromatic rings. The summed E-state index contributed by atoms with van der Waals surface area (Å²) in [6.07, 6.45) is 0. The highest BCUT2D eigenvalue weighted by atomic mass is 32.2. The van der Waals surface area contributed by atoms with Gasteiger partial charge in [0.15, 0.2) is 9.84 Å². The molecule has 0 N–H and O–H groups in total. The Labute approximate surface area is 177 Å². The minimum absolute atomic E-state index is 0.00536. The molecule has 0 fully saturated rings. The summed E-state index contributed by atoms with van der Waals surface area (Å²) in [6, 6.07) is 14.5. The van der Waals surface area contributed by atoms with Crippen LogP contribution in [-0.2, 0) is 35.9 Å². The van der Waals surface area contributed by atoms with E-state index in [1.807, 2.05) is 6.07 Å². The van der Waals surface area contributed by atoms with Gasteiger partial charge in [0.1, 0.15) is 18.9 Å². The highest BCUT2D eigenvalue weighted by Gasteiger charge is 2.27. The van der Waals surface area contributed by atoms with Crippen LogP contribution >= 0.6 is 0 Å². The predicted molar refractivity (Wildman–Crippen MR) is 112 cm³/mol. The van der Waals surface area contributed by atoms with Crippen molar-refractivity contribution in [1.82, 2.24) is 4.31 Å². The standard InChI is InChI=1S/C20H25NO7S2/c1-3-29(23,24)14-13-28-18-9-11-19(12-10-18)30(25,26)21(16-20(22)27-2)15-17-7-5-4-6-8-17/h4-12H,3,13-16H2,1-2H3.